The number of unbranched alkanes of at least 4 members (excludes halogenated alkanes) is 1. The smallest absolute Gasteiger partial charge is 0.317 e. The van der Waals surface area contributed by atoms with Gasteiger partial charge >= 0.3 is 5.97 Å². The van der Waals surface area contributed by atoms with Crippen LogP contribution in [0.1, 0.15) is 25.3 Å². The van der Waals surface area contributed by atoms with Gasteiger partial charge < -0.3 is 15.7 Å². The molecule has 0 fully saturated rings. The summed E-state index contributed by atoms with van der Waals surface area (Å²) >= 11 is 0. The van der Waals surface area contributed by atoms with E-state index in [-0.39, 0.29) is 31.4 Å². The van der Waals surface area contributed by atoms with E-state index in [0.717, 1.165) is 18.4 Å². The Bertz CT molecular complexity index is 534. The minimum atomic E-state index is -1.08. The number of amides is 2. The van der Waals surface area contributed by atoms with Crippen LogP contribution in [0.2, 0.25) is 0 Å². The molecule has 0 radical (unpaired) electrons. The number of nitrogens with zero attached hydrogens (tertiary/aromatic N) is 1. The fourth-order valence-electron chi connectivity index (χ4n) is 2.08. The number of hydrogen-bond acceptors (Lipinski definition) is 4. The van der Waals surface area contributed by atoms with E-state index in [9.17, 15) is 14.4 Å². The zero-order chi connectivity index (χ0) is 17.8. The zero-order valence-corrected chi connectivity index (χ0v) is 14.0. The van der Waals surface area contributed by atoms with Crippen molar-refractivity contribution in [2.45, 2.75) is 26.3 Å². The Morgan fingerprint density at radius 2 is 1.62 bits per heavy atom. The maximum atomic E-state index is 12.0. The van der Waals surface area contributed by atoms with E-state index in [1.165, 1.54) is 4.90 Å². The molecule has 0 heterocycles. The Morgan fingerprint density at radius 1 is 1.00 bits per heavy atom. The van der Waals surface area contributed by atoms with Crippen LogP contribution in [0.15, 0.2) is 30.3 Å². The molecule has 0 aliphatic heterocycles. The number of carboxylic acid groups (broad SMARTS) is 1. The van der Waals surface area contributed by atoms with Crippen molar-refractivity contribution in [2.24, 2.45) is 0 Å². The van der Waals surface area contributed by atoms with Crippen molar-refractivity contribution in [2.75, 3.05) is 26.2 Å². The Kier molecular flexibility index (Phi) is 9.14. The maximum absolute atomic E-state index is 12.0. The van der Waals surface area contributed by atoms with Crippen molar-refractivity contribution in [1.82, 2.24) is 15.5 Å². The average molecular weight is 335 g/mol. The fourth-order valence-corrected chi connectivity index (χ4v) is 2.08. The molecule has 0 aliphatic carbocycles. The minimum absolute atomic E-state index is 0.116. The number of carbonyl (C=O) groups is 3. The number of aliphatic carboxylic acids is 1. The first-order valence-electron chi connectivity index (χ1n) is 8.02. The number of rotatable bonds is 11. The van der Waals surface area contributed by atoms with Gasteiger partial charge in [0.15, 0.2) is 0 Å². The summed E-state index contributed by atoms with van der Waals surface area (Å²) in [5, 5.41) is 14.4. The lowest BCUT2D eigenvalue weighted by Gasteiger charge is -2.19. The summed E-state index contributed by atoms with van der Waals surface area (Å²) in [5.74, 6) is -1.67. The summed E-state index contributed by atoms with van der Waals surface area (Å²) in [6, 6.07) is 9.40. The summed E-state index contributed by atoms with van der Waals surface area (Å²) in [6.45, 7) is 2.31. The predicted octanol–water partition coefficient (Wildman–Crippen LogP) is 0.606. The van der Waals surface area contributed by atoms with Gasteiger partial charge in [0, 0.05) is 13.1 Å². The van der Waals surface area contributed by atoms with Gasteiger partial charge in [-0.15, -0.1) is 0 Å². The molecule has 1 rings (SSSR count). The molecule has 0 saturated heterocycles. The van der Waals surface area contributed by atoms with Gasteiger partial charge in [-0.3, -0.25) is 19.3 Å². The molecule has 2 amide bonds. The molecular weight excluding hydrogens is 310 g/mol. The first kappa shape index (κ1) is 19.6. The zero-order valence-electron chi connectivity index (χ0n) is 14.0. The molecular formula is C17H25N3O4. The minimum Gasteiger partial charge on any atom is -0.480 e. The maximum Gasteiger partial charge on any atom is 0.317 e. The highest BCUT2D eigenvalue weighted by molar-refractivity contribution is 5.82. The van der Waals surface area contributed by atoms with Crippen LogP contribution in [0.4, 0.5) is 0 Å². The number of carboxylic acids is 1. The largest absolute Gasteiger partial charge is 0.480 e. The molecule has 0 atom stereocenters. The normalized spacial score (nSPS) is 10.4. The van der Waals surface area contributed by atoms with Crippen LogP contribution in [-0.4, -0.2) is 54.0 Å². The van der Waals surface area contributed by atoms with Gasteiger partial charge in [-0.1, -0.05) is 43.7 Å². The van der Waals surface area contributed by atoms with Gasteiger partial charge in [-0.25, -0.2) is 0 Å². The Labute approximate surface area is 142 Å². The summed E-state index contributed by atoms with van der Waals surface area (Å²) in [5.41, 5.74) is 0.952. The second-order valence-corrected chi connectivity index (χ2v) is 5.50. The van der Waals surface area contributed by atoms with E-state index >= 15 is 0 Å². The topological polar surface area (TPSA) is 98.7 Å². The van der Waals surface area contributed by atoms with Crippen LogP contribution in [-0.2, 0) is 20.9 Å². The summed E-state index contributed by atoms with van der Waals surface area (Å²) in [6.07, 6.45) is 1.82. The fraction of sp³-hybridized carbons (Fsp3) is 0.471. The SMILES string of the molecule is CCCCNC(=O)CN(CC(=O)O)CC(=O)NCc1ccccc1. The van der Waals surface area contributed by atoms with E-state index in [4.69, 9.17) is 5.11 Å². The first-order chi connectivity index (χ1) is 11.5. The van der Waals surface area contributed by atoms with E-state index in [1.54, 1.807) is 0 Å². The lowest BCUT2D eigenvalue weighted by molar-refractivity contribution is -0.139. The van der Waals surface area contributed by atoms with Crippen molar-refractivity contribution in [3.05, 3.63) is 35.9 Å². The first-order valence-corrected chi connectivity index (χ1v) is 8.02. The molecule has 3 N–H and O–H groups in total. The second kappa shape index (κ2) is 11.2. The van der Waals surface area contributed by atoms with Crippen LogP contribution in [0.5, 0.6) is 0 Å². The van der Waals surface area contributed by atoms with Crippen molar-refractivity contribution in [3.63, 3.8) is 0 Å². The van der Waals surface area contributed by atoms with Gasteiger partial charge in [0.2, 0.25) is 11.8 Å². The van der Waals surface area contributed by atoms with Gasteiger partial charge in [-0.05, 0) is 12.0 Å². The van der Waals surface area contributed by atoms with E-state index < -0.39 is 5.97 Å². The highest BCUT2D eigenvalue weighted by atomic mass is 16.4. The van der Waals surface area contributed by atoms with Crippen LogP contribution in [0.3, 0.4) is 0 Å². The van der Waals surface area contributed by atoms with Gasteiger partial charge in [0.25, 0.3) is 0 Å². The van der Waals surface area contributed by atoms with Crippen LogP contribution >= 0.6 is 0 Å². The molecule has 0 aliphatic rings. The third-order valence-electron chi connectivity index (χ3n) is 3.28. The number of carbonyl (C=O) groups excluding carboxylic acids is 2. The highest BCUT2D eigenvalue weighted by Crippen LogP contribution is 1.97. The van der Waals surface area contributed by atoms with Crippen LogP contribution < -0.4 is 10.6 Å². The van der Waals surface area contributed by atoms with Crippen LogP contribution in [0, 0.1) is 0 Å². The number of hydrogen-bond donors (Lipinski definition) is 3. The number of nitrogens with one attached hydrogen (secondary N) is 2. The van der Waals surface area contributed by atoms with Gasteiger partial charge in [0.1, 0.15) is 0 Å². The van der Waals surface area contributed by atoms with E-state index in [0.29, 0.717) is 13.1 Å². The average Bonchev–Trinajstić information content (AvgIpc) is 2.53. The number of benzene rings is 1. The molecule has 132 valence electrons. The third kappa shape index (κ3) is 8.89. The van der Waals surface area contributed by atoms with E-state index in [1.807, 2.05) is 37.3 Å². The molecule has 0 unspecified atom stereocenters. The molecule has 7 nitrogen and oxygen atoms in total. The lowest BCUT2D eigenvalue weighted by Crippen LogP contribution is -2.44. The summed E-state index contributed by atoms with van der Waals surface area (Å²) in [7, 11) is 0. The van der Waals surface area contributed by atoms with Crippen molar-refractivity contribution in [1.29, 1.82) is 0 Å². The Balaban J connectivity index is 2.44. The standard InChI is InChI=1S/C17H25N3O4/c1-2-3-9-18-15(21)11-20(13-17(23)24)12-16(22)19-10-14-7-5-4-6-8-14/h4-8H,2-3,9-13H2,1H3,(H,18,21)(H,19,22)(H,23,24). The van der Waals surface area contributed by atoms with Crippen LogP contribution in [0.25, 0.3) is 0 Å². The summed E-state index contributed by atoms with van der Waals surface area (Å²) < 4.78 is 0. The Hall–Kier alpha value is -2.41. The Morgan fingerprint density at radius 3 is 2.21 bits per heavy atom. The predicted molar refractivity (Wildman–Crippen MR) is 90.3 cm³/mol. The molecule has 7 heteroatoms. The summed E-state index contributed by atoms with van der Waals surface area (Å²) in [4.78, 5) is 36.0. The molecule has 0 bridgehead atoms. The quantitative estimate of drug-likeness (QED) is 0.515. The third-order valence-corrected chi connectivity index (χ3v) is 3.28. The molecule has 0 aromatic heterocycles. The van der Waals surface area contributed by atoms with Gasteiger partial charge in [-0.2, -0.15) is 0 Å². The van der Waals surface area contributed by atoms with Crippen molar-refractivity contribution in [3.8, 4) is 0 Å². The molecule has 1 aromatic carbocycles. The highest BCUT2D eigenvalue weighted by Gasteiger charge is 2.17. The van der Waals surface area contributed by atoms with Crippen molar-refractivity contribution < 1.29 is 19.5 Å². The lowest BCUT2D eigenvalue weighted by atomic mass is 10.2. The monoisotopic (exact) mass is 335 g/mol. The van der Waals surface area contributed by atoms with Gasteiger partial charge in [0.05, 0.1) is 19.6 Å². The molecule has 0 saturated carbocycles. The second-order valence-electron chi connectivity index (χ2n) is 5.50. The molecule has 0 spiro atoms. The van der Waals surface area contributed by atoms with Crippen molar-refractivity contribution >= 4 is 17.8 Å². The molecule has 24 heavy (non-hydrogen) atoms. The molecule has 1 aromatic rings. The van der Waals surface area contributed by atoms with E-state index in [2.05, 4.69) is 10.6 Å².